The molecular weight excluding hydrogens is 477 g/mol. The summed E-state index contributed by atoms with van der Waals surface area (Å²) in [6, 6.07) is 12.7. The van der Waals surface area contributed by atoms with Gasteiger partial charge in [0.05, 0.1) is 17.7 Å². The third-order valence-electron chi connectivity index (χ3n) is 5.41. The Balaban J connectivity index is 1.79. The molecule has 0 aliphatic heterocycles. The summed E-state index contributed by atoms with van der Waals surface area (Å²) in [5.74, 6) is 0. The molecule has 0 bridgehead atoms. The zero-order valence-electron chi connectivity index (χ0n) is 16.9. The molecule has 2 aromatic carbocycles. The van der Waals surface area contributed by atoms with Gasteiger partial charge in [-0.3, -0.25) is 0 Å². The van der Waals surface area contributed by atoms with Crippen LogP contribution in [0.15, 0.2) is 68.8 Å². The zero-order chi connectivity index (χ0) is 23.5. The van der Waals surface area contributed by atoms with Gasteiger partial charge in [0.25, 0.3) is 0 Å². The van der Waals surface area contributed by atoms with Gasteiger partial charge in [0, 0.05) is 39.0 Å². The third-order valence-corrected chi connectivity index (χ3v) is 6.88. The predicted molar refractivity (Wildman–Crippen MR) is 121 cm³/mol. The Morgan fingerprint density at radius 1 is 1.15 bits per heavy atom. The summed E-state index contributed by atoms with van der Waals surface area (Å²) in [4.78, 5) is 16.7. The number of halogens is 4. The number of alkyl halides is 3. The van der Waals surface area contributed by atoms with Crippen LogP contribution in [0, 0.1) is 6.92 Å². The maximum Gasteiger partial charge on any atom is 0.578 e. The third kappa shape index (κ3) is 3.66. The Bertz CT molecular complexity index is 1610. The molecule has 1 unspecified atom stereocenters. The summed E-state index contributed by atoms with van der Waals surface area (Å²) in [5, 5.41) is 2.24. The molecule has 5 aromatic rings. The van der Waals surface area contributed by atoms with Crippen LogP contribution in [-0.2, 0) is 17.7 Å². The normalized spacial score (nSPS) is 13.3. The van der Waals surface area contributed by atoms with Crippen molar-refractivity contribution >= 4 is 55.7 Å². The average molecular weight is 491 g/mol. The molecule has 5 nitrogen and oxygen atoms in total. The van der Waals surface area contributed by atoms with E-state index in [1.54, 1.807) is 16.7 Å². The minimum atomic E-state index is -4.90. The van der Waals surface area contributed by atoms with E-state index in [4.69, 9.17) is 16.0 Å². The summed E-state index contributed by atoms with van der Waals surface area (Å²) in [6.07, 6.45) is 1.52. The highest BCUT2D eigenvalue weighted by atomic mass is 35.5. The van der Waals surface area contributed by atoms with E-state index in [9.17, 15) is 22.5 Å². The molecule has 3 heterocycles. The van der Waals surface area contributed by atoms with Gasteiger partial charge in [0.15, 0.2) is 4.90 Å². The van der Waals surface area contributed by atoms with Crippen LogP contribution in [0.4, 0.5) is 13.2 Å². The average Bonchev–Trinajstić information content (AvgIpc) is 3.08. The first kappa shape index (κ1) is 21.8. The van der Waals surface area contributed by atoms with Gasteiger partial charge in [-0.1, -0.05) is 23.2 Å². The number of pyridine rings is 1. The molecule has 1 atom stereocenters. The van der Waals surface area contributed by atoms with Crippen LogP contribution in [-0.4, -0.2) is 19.6 Å². The summed E-state index contributed by atoms with van der Waals surface area (Å²) in [5.41, 5.74) is -3.16. The number of fused-ring (bicyclic) bond motifs is 5. The molecule has 168 valence electrons. The lowest BCUT2D eigenvalue weighted by Gasteiger charge is -2.14. The van der Waals surface area contributed by atoms with Gasteiger partial charge in [0.1, 0.15) is 5.52 Å². The lowest BCUT2D eigenvalue weighted by Crippen LogP contribution is -2.23. The molecule has 3 aromatic heterocycles. The van der Waals surface area contributed by atoms with E-state index in [1.807, 2.05) is 25.1 Å². The molecule has 5 rings (SSSR count). The molecule has 0 N–H and O–H groups in total. The van der Waals surface area contributed by atoms with E-state index in [0.29, 0.717) is 16.3 Å². The van der Waals surface area contributed by atoms with E-state index < -0.39 is 27.2 Å². The minimum Gasteiger partial charge on any atom is -0.604 e. The lowest BCUT2D eigenvalue weighted by atomic mass is 10.1. The van der Waals surface area contributed by atoms with Crippen LogP contribution in [0.1, 0.15) is 11.1 Å². The fourth-order valence-electron chi connectivity index (χ4n) is 4.01. The molecule has 0 spiro atoms. The molecule has 0 aliphatic carbocycles. The first-order valence-electron chi connectivity index (χ1n) is 9.72. The van der Waals surface area contributed by atoms with Crippen molar-refractivity contribution in [2.45, 2.75) is 23.9 Å². The fraction of sp³-hybridized carbons (Fsp3) is 0.130. The number of aromatic nitrogens is 2. The molecule has 0 saturated heterocycles. The van der Waals surface area contributed by atoms with E-state index in [0.717, 1.165) is 23.1 Å². The van der Waals surface area contributed by atoms with E-state index in [2.05, 4.69) is 4.98 Å². The van der Waals surface area contributed by atoms with Crippen molar-refractivity contribution in [2.75, 3.05) is 0 Å². The smallest absolute Gasteiger partial charge is 0.578 e. The highest BCUT2D eigenvalue weighted by Gasteiger charge is 2.46. The second-order valence-corrected chi connectivity index (χ2v) is 9.42. The second kappa shape index (κ2) is 7.79. The van der Waals surface area contributed by atoms with Crippen LogP contribution >= 0.6 is 11.6 Å². The molecular formula is C23H14ClF3N2O3S. The zero-order valence-corrected chi connectivity index (χ0v) is 18.5. The van der Waals surface area contributed by atoms with Gasteiger partial charge in [-0.05, 0) is 48.9 Å². The van der Waals surface area contributed by atoms with E-state index >= 15 is 0 Å². The number of rotatable bonds is 3. The SMILES string of the molecule is Cc1ccc2c(c1)c1c3cccnc3oc(=O)c1n2Cc1cc([S+]([O-])C(F)(F)F)ccc1Cl. The van der Waals surface area contributed by atoms with Crippen LogP contribution in [0.5, 0.6) is 0 Å². The molecule has 0 saturated carbocycles. The maximum atomic E-state index is 13.0. The van der Waals surface area contributed by atoms with Crippen molar-refractivity contribution in [1.29, 1.82) is 0 Å². The highest BCUT2D eigenvalue weighted by molar-refractivity contribution is 7.92. The van der Waals surface area contributed by atoms with Crippen LogP contribution in [0.2, 0.25) is 5.02 Å². The van der Waals surface area contributed by atoms with Gasteiger partial charge in [-0.2, -0.15) is 0 Å². The molecule has 0 amide bonds. The summed E-state index contributed by atoms with van der Waals surface area (Å²) >= 11 is 3.09. The second-order valence-electron chi connectivity index (χ2n) is 7.54. The van der Waals surface area contributed by atoms with Crippen molar-refractivity contribution in [3.8, 4) is 0 Å². The van der Waals surface area contributed by atoms with Crippen molar-refractivity contribution < 1.29 is 22.1 Å². The van der Waals surface area contributed by atoms with Crippen molar-refractivity contribution in [3.63, 3.8) is 0 Å². The number of nitrogens with zero attached hydrogens (tertiary/aromatic N) is 2. The van der Waals surface area contributed by atoms with Crippen molar-refractivity contribution in [3.05, 3.63) is 81.3 Å². The fourth-order valence-corrected chi connectivity index (χ4v) is 4.89. The van der Waals surface area contributed by atoms with Crippen LogP contribution in [0.3, 0.4) is 0 Å². The highest BCUT2D eigenvalue weighted by Crippen LogP contribution is 2.36. The summed E-state index contributed by atoms with van der Waals surface area (Å²) in [7, 11) is 0. The molecule has 10 heteroatoms. The number of hydrogen-bond acceptors (Lipinski definition) is 4. The van der Waals surface area contributed by atoms with Gasteiger partial charge in [0.2, 0.25) is 5.71 Å². The largest absolute Gasteiger partial charge is 0.604 e. The number of aryl methyl sites for hydroxylation is 1. The molecule has 0 fully saturated rings. The Morgan fingerprint density at radius 2 is 1.94 bits per heavy atom. The number of benzene rings is 2. The monoisotopic (exact) mass is 490 g/mol. The van der Waals surface area contributed by atoms with Gasteiger partial charge in [-0.15, -0.1) is 13.2 Å². The Morgan fingerprint density at radius 3 is 2.70 bits per heavy atom. The Hall–Kier alpha value is -3.01. The van der Waals surface area contributed by atoms with Crippen LogP contribution in [0.25, 0.3) is 32.9 Å². The van der Waals surface area contributed by atoms with Crippen LogP contribution < -0.4 is 5.63 Å². The first-order valence-corrected chi connectivity index (χ1v) is 11.3. The topological polar surface area (TPSA) is 71.1 Å². The Kier molecular flexibility index (Phi) is 5.15. The quantitative estimate of drug-likeness (QED) is 0.294. The lowest BCUT2D eigenvalue weighted by molar-refractivity contribution is -0.0435. The summed E-state index contributed by atoms with van der Waals surface area (Å²) in [6.45, 7) is 1.89. The summed E-state index contributed by atoms with van der Waals surface area (Å²) < 4.78 is 58.0. The molecule has 0 radical (unpaired) electrons. The molecule has 33 heavy (non-hydrogen) atoms. The first-order chi connectivity index (χ1) is 15.6. The minimum absolute atomic E-state index is 0.0265. The molecule has 0 aliphatic rings. The van der Waals surface area contributed by atoms with Gasteiger partial charge in [-0.25, -0.2) is 9.78 Å². The maximum absolute atomic E-state index is 13.0. The standard InChI is InChI=1S/C23H14ClF3N2O3S/c1-12-4-7-18-16(9-12)19-15-3-2-8-28-21(15)32-22(30)20(19)29(18)11-13-10-14(5-6-17(13)24)33(31)23(25,26)27/h2-10H,11H2,1H3. The van der Waals surface area contributed by atoms with Gasteiger partial charge < -0.3 is 13.5 Å². The van der Waals surface area contributed by atoms with E-state index in [-0.39, 0.29) is 28.4 Å². The van der Waals surface area contributed by atoms with Gasteiger partial charge >= 0.3 is 11.1 Å². The van der Waals surface area contributed by atoms with Crippen molar-refractivity contribution in [2.24, 2.45) is 0 Å². The van der Waals surface area contributed by atoms with E-state index in [1.165, 1.54) is 12.3 Å². The van der Waals surface area contributed by atoms with Crippen molar-refractivity contribution in [1.82, 2.24) is 9.55 Å². The number of hydrogen-bond donors (Lipinski definition) is 0. The Labute approximate surface area is 192 Å². The predicted octanol–water partition coefficient (Wildman–Crippen LogP) is 5.93.